The van der Waals surface area contributed by atoms with Crippen LogP contribution in [-0.4, -0.2) is 47.0 Å². The smallest absolute Gasteiger partial charge is 0.115 e. The molecule has 1 aromatic heterocycles. The molecule has 7 heteroatoms. The van der Waals surface area contributed by atoms with Gasteiger partial charge in [0, 0.05) is 37.7 Å². The Balaban J connectivity index is 0.000000276. The Morgan fingerprint density at radius 3 is 1.60 bits per heavy atom. The summed E-state index contributed by atoms with van der Waals surface area (Å²) in [6.45, 7) is 0. The minimum absolute atomic E-state index is 0.234. The Kier molecular flexibility index (Phi) is 6.68. The van der Waals surface area contributed by atoms with Crippen molar-refractivity contribution < 1.29 is 5.11 Å². The van der Waals surface area contributed by atoms with Crippen LogP contribution < -0.4 is 4.90 Å². The normalized spacial score (nSPS) is 17.9. The Morgan fingerprint density at radius 2 is 1.07 bits per heavy atom. The number of allylic oxidation sites excluding steroid dienone is 12. The van der Waals surface area contributed by atoms with Crippen molar-refractivity contribution in [2.45, 2.75) is 0 Å². The second kappa shape index (κ2) is 10.7. The van der Waals surface area contributed by atoms with Crippen LogP contribution in [-0.2, 0) is 0 Å². The zero-order valence-corrected chi connectivity index (χ0v) is 22.1. The molecule has 1 aromatic carbocycles. The molecule has 194 valence electrons. The Bertz CT molecular complexity index is 1740. The molecule has 0 aliphatic carbocycles. The van der Waals surface area contributed by atoms with Crippen molar-refractivity contribution in [2.24, 2.45) is 20.0 Å². The second-order valence-electron chi connectivity index (χ2n) is 9.59. The molecule has 0 saturated carbocycles. The van der Waals surface area contributed by atoms with Gasteiger partial charge in [-0.05, 0) is 96.7 Å². The fourth-order valence-electron chi connectivity index (χ4n) is 4.41. The van der Waals surface area contributed by atoms with Gasteiger partial charge in [-0.1, -0.05) is 12.1 Å². The number of aliphatic imine (C=N–C) groups is 4. The van der Waals surface area contributed by atoms with Crippen LogP contribution in [0.1, 0.15) is 5.56 Å². The van der Waals surface area contributed by atoms with Gasteiger partial charge in [-0.3, -0.25) is 4.98 Å². The molecular formula is C33H26N6O. The lowest BCUT2D eigenvalue weighted by atomic mass is 10.0. The Labute approximate surface area is 232 Å². The number of phenols is 1. The van der Waals surface area contributed by atoms with Crippen LogP contribution in [0.3, 0.4) is 0 Å². The average Bonchev–Trinajstić information content (AvgIpc) is 3.76. The number of benzene rings is 1. The molecule has 0 spiro atoms. The van der Waals surface area contributed by atoms with E-state index >= 15 is 0 Å². The summed E-state index contributed by atoms with van der Waals surface area (Å²) in [6, 6.07) is 11.1. The van der Waals surface area contributed by atoms with Crippen molar-refractivity contribution in [1.29, 1.82) is 0 Å². The standard InChI is InChI=1S/C26H16N4O.C7H10N2/c31-24-9-1-16(2-10-24)25-14-23-13-21-6-5-19(28-21)11-17-3-4-18(27-17)12-20-7-8-22(29-20)15-26(25)30-23;1-9(2)7-3-5-8-6-4-7/h1-15,31H;3-6H,1-2H3. The van der Waals surface area contributed by atoms with E-state index in [4.69, 9.17) is 9.98 Å². The molecule has 7 nitrogen and oxygen atoms in total. The fourth-order valence-corrected chi connectivity index (χ4v) is 4.41. The molecule has 8 bridgehead atoms. The number of aromatic hydroxyl groups is 1. The lowest BCUT2D eigenvalue weighted by molar-refractivity contribution is 0.475. The van der Waals surface area contributed by atoms with Gasteiger partial charge in [0.15, 0.2) is 0 Å². The van der Waals surface area contributed by atoms with Crippen molar-refractivity contribution in [3.63, 3.8) is 0 Å². The lowest BCUT2D eigenvalue weighted by Crippen LogP contribution is -2.07. The third-order valence-electron chi connectivity index (χ3n) is 6.40. The Hall–Kier alpha value is -5.43. The van der Waals surface area contributed by atoms with E-state index in [0.29, 0.717) is 0 Å². The number of fused-ring (bicyclic) bond motifs is 4. The summed E-state index contributed by atoms with van der Waals surface area (Å²) in [5.74, 6) is 0.234. The van der Waals surface area contributed by atoms with Crippen LogP contribution in [0.5, 0.6) is 5.75 Å². The van der Waals surface area contributed by atoms with E-state index < -0.39 is 0 Å². The van der Waals surface area contributed by atoms with E-state index in [1.807, 2.05) is 110 Å². The number of rotatable bonds is 2. The highest BCUT2D eigenvalue weighted by Gasteiger charge is 2.18. The molecule has 6 heterocycles. The van der Waals surface area contributed by atoms with E-state index in [-0.39, 0.29) is 5.75 Å². The first-order valence-corrected chi connectivity index (χ1v) is 12.8. The molecule has 0 radical (unpaired) electrons. The number of aromatic nitrogens is 1. The van der Waals surface area contributed by atoms with E-state index in [9.17, 15) is 5.11 Å². The van der Waals surface area contributed by atoms with Gasteiger partial charge < -0.3 is 10.0 Å². The van der Waals surface area contributed by atoms with Crippen molar-refractivity contribution >= 4 is 34.1 Å². The highest BCUT2D eigenvalue weighted by molar-refractivity contribution is 6.32. The predicted octanol–water partition coefficient (Wildman–Crippen LogP) is 5.96. The molecule has 7 rings (SSSR count). The number of pyridine rings is 1. The Morgan fingerprint density at radius 1 is 0.550 bits per heavy atom. The molecule has 40 heavy (non-hydrogen) atoms. The molecule has 0 amide bonds. The minimum atomic E-state index is 0.234. The van der Waals surface area contributed by atoms with Gasteiger partial charge in [0.25, 0.3) is 0 Å². The van der Waals surface area contributed by atoms with Gasteiger partial charge in [0.05, 0.1) is 45.6 Å². The molecule has 0 saturated heterocycles. The molecule has 2 aromatic rings. The quantitative estimate of drug-likeness (QED) is 0.528. The monoisotopic (exact) mass is 522 g/mol. The van der Waals surface area contributed by atoms with Gasteiger partial charge in [-0.25, -0.2) is 20.0 Å². The zero-order valence-electron chi connectivity index (χ0n) is 22.1. The number of hydrogen-bond donors (Lipinski definition) is 1. The number of anilines is 1. The zero-order chi connectivity index (χ0) is 27.5. The number of nitrogens with zero attached hydrogens (tertiary/aromatic N) is 6. The van der Waals surface area contributed by atoms with E-state index in [1.54, 1.807) is 24.5 Å². The lowest BCUT2D eigenvalue weighted by Gasteiger charge is -2.10. The molecule has 0 unspecified atom stereocenters. The molecular weight excluding hydrogens is 496 g/mol. The summed E-state index contributed by atoms with van der Waals surface area (Å²) in [7, 11) is 4.02. The summed E-state index contributed by atoms with van der Waals surface area (Å²) in [5.41, 5.74) is 9.87. The molecule has 0 atom stereocenters. The maximum absolute atomic E-state index is 9.67. The maximum Gasteiger partial charge on any atom is 0.115 e. The number of phenolic OH excluding ortho intramolecular Hbond substituents is 1. The summed E-state index contributed by atoms with van der Waals surface area (Å²) >= 11 is 0. The predicted molar refractivity (Wildman–Crippen MR) is 164 cm³/mol. The van der Waals surface area contributed by atoms with Crippen LogP contribution in [0.4, 0.5) is 5.69 Å². The number of hydrogen-bond acceptors (Lipinski definition) is 7. The topological polar surface area (TPSA) is 85.8 Å². The first-order chi connectivity index (χ1) is 19.5. The highest BCUT2D eigenvalue weighted by atomic mass is 16.3. The first kappa shape index (κ1) is 24.9. The van der Waals surface area contributed by atoms with Crippen LogP contribution in [0.15, 0.2) is 158 Å². The average molecular weight is 523 g/mol. The second-order valence-corrected chi connectivity index (χ2v) is 9.59. The molecule has 5 aliphatic rings. The van der Waals surface area contributed by atoms with Crippen molar-refractivity contribution in [3.8, 4) is 5.75 Å². The van der Waals surface area contributed by atoms with Crippen LogP contribution in [0, 0.1) is 0 Å². The minimum Gasteiger partial charge on any atom is -0.508 e. The van der Waals surface area contributed by atoms with Gasteiger partial charge in [0.1, 0.15) is 5.75 Å². The van der Waals surface area contributed by atoms with E-state index in [0.717, 1.165) is 56.8 Å². The SMILES string of the molecule is CN(C)c1ccncc1.Oc1ccc(C2=CC3=CC4=NC(=CC5=NC(=CC6=NC(=CC2=N3)C=C6)C=C5)C=C4)cc1. The summed E-state index contributed by atoms with van der Waals surface area (Å²) in [5, 5.41) is 9.67. The molecule has 5 aliphatic heterocycles. The van der Waals surface area contributed by atoms with E-state index in [1.165, 1.54) is 5.69 Å². The molecule has 1 N–H and O–H groups in total. The largest absolute Gasteiger partial charge is 0.508 e. The van der Waals surface area contributed by atoms with Crippen molar-refractivity contribution in [3.05, 3.63) is 144 Å². The van der Waals surface area contributed by atoms with Crippen molar-refractivity contribution in [2.75, 3.05) is 19.0 Å². The van der Waals surface area contributed by atoms with Gasteiger partial charge in [-0.15, -0.1) is 0 Å². The summed E-state index contributed by atoms with van der Waals surface area (Å²) in [4.78, 5) is 24.8. The van der Waals surface area contributed by atoms with Gasteiger partial charge >= 0.3 is 0 Å². The fraction of sp³-hybridized carbons (Fsp3) is 0.0606. The molecule has 0 fully saturated rings. The van der Waals surface area contributed by atoms with Gasteiger partial charge in [0.2, 0.25) is 0 Å². The first-order valence-electron chi connectivity index (χ1n) is 12.8. The van der Waals surface area contributed by atoms with Crippen molar-refractivity contribution in [1.82, 2.24) is 4.98 Å². The van der Waals surface area contributed by atoms with E-state index in [2.05, 4.69) is 15.0 Å². The third kappa shape index (κ3) is 5.68. The van der Waals surface area contributed by atoms with Crippen LogP contribution in [0.25, 0.3) is 5.57 Å². The van der Waals surface area contributed by atoms with Crippen LogP contribution in [0.2, 0.25) is 0 Å². The third-order valence-corrected chi connectivity index (χ3v) is 6.40. The highest BCUT2D eigenvalue weighted by Crippen LogP contribution is 2.29. The maximum atomic E-state index is 9.67. The summed E-state index contributed by atoms with van der Waals surface area (Å²) < 4.78 is 0. The summed E-state index contributed by atoms with van der Waals surface area (Å²) in [6.07, 6.45) is 25.3. The van der Waals surface area contributed by atoms with Crippen LogP contribution >= 0.6 is 0 Å². The van der Waals surface area contributed by atoms with Gasteiger partial charge in [-0.2, -0.15) is 0 Å².